The number of aliphatic hydroxyl groups is 1. The van der Waals surface area contributed by atoms with E-state index in [1.807, 2.05) is 13.0 Å². The fraction of sp³-hybridized carbons (Fsp3) is 0.618. The zero-order chi connectivity index (χ0) is 59.5. The number of fused-ring (bicyclic) bond motifs is 5. The van der Waals surface area contributed by atoms with Crippen LogP contribution in [0.2, 0.25) is 5.02 Å². The second kappa shape index (κ2) is 27.8. The summed E-state index contributed by atoms with van der Waals surface area (Å²) < 4.78 is 46.0. The number of benzene rings is 1. The van der Waals surface area contributed by atoms with Crippen LogP contribution in [0.25, 0.3) is 0 Å². The molecule has 5 aliphatic rings. The van der Waals surface area contributed by atoms with E-state index in [-0.39, 0.29) is 56.5 Å². The summed E-state index contributed by atoms with van der Waals surface area (Å²) in [6.45, 7) is 6.06. The number of alkyl carbamates (subject to hydrolysis) is 1. The highest BCUT2D eigenvalue weighted by molar-refractivity contribution is 6.35. The Morgan fingerprint density at radius 3 is 2.33 bits per heavy atom. The summed E-state index contributed by atoms with van der Waals surface area (Å²) in [5.41, 5.74) is -1.28. The van der Waals surface area contributed by atoms with Crippen LogP contribution in [-0.4, -0.2) is 201 Å². The summed E-state index contributed by atoms with van der Waals surface area (Å²) >= 11 is 6.81. The minimum Gasteiger partial charge on any atom is -0.495 e. The van der Waals surface area contributed by atoms with Gasteiger partial charge in [-0.15, -0.1) is 5.06 Å². The zero-order valence-electron chi connectivity index (χ0n) is 47.5. The molecule has 446 valence electrons. The van der Waals surface area contributed by atoms with Crippen LogP contribution in [0.15, 0.2) is 48.1 Å². The predicted octanol–water partition coefficient (Wildman–Crippen LogP) is 4.53. The lowest BCUT2D eigenvalue weighted by molar-refractivity contribution is -0.201. The Morgan fingerprint density at radius 1 is 0.963 bits per heavy atom. The smallest absolute Gasteiger partial charge is 0.410 e. The fourth-order valence-electron chi connectivity index (χ4n) is 9.80. The number of rotatable bonds is 16. The molecule has 0 spiro atoms. The normalized spacial score (nSPS) is 28.7. The molecule has 0 saturated carbocycles. The number of amides is 7. The number of ether oxygens (including phenoxy) is 8. The first-order valence-corrected chi connectivity index (χ1v) is 27.2. The predicted molar refractivity (Wildman–Crippen MR) is 287 cm³/mol. The van der Waals surface area contributed by atoms with E-state index in [0.29, 0.717) is 48.6 Å². The molecule has 0 aromatic heterocycles. The van der Waals surface area contributed by atoms with Crippen molar-refractivity contribution in [3.63, 3.8) is 0 Å². The monoisotopic (exact) mass is 1160 g/mol. The third-order valence-electron chi connectivity index (χ3n) is 15.1. The van der Waals surface area contributed by atoms with E-state index in [2.05, 4.69) is 5.32 Å². The van der Waals surface area contributed by atoms with Crippen molar-refractivity contribution in [2.24, 2.45) is 5.92 Å². The third kappa shape index (κ3) is 16.2. The molecule has 1 aliphatic carbocycles. The number of methoxy groups -OCH3 is 2. The largest absolute Gasteiger partial charge is 0.495 e. The minimum atomic E-state index is -1.90. The average molecular weight is 1160 g/mol. The van der Waals surface area contributed by atoms with Gasteiger partial charge in [0.05, 0.1) is 37.8 Å². The maximum Gasteiger partial charge on any atom is 0.410 e. The average Bonchev–Trinajstić information content (AvgIpc) is 4.03. The first kappa shape index (κ1) is 63.4. The molecule has 6 rings (SSSR count). The van der Waals surface area contributed by atoms with Crippen LogP contribution in [0.5, 0.6) is 5.75 Å². The van der Waals surface area contributed by atoms with Gasteiger partial charge in [-0.3, -0.25) is 24.5 Å². The highest BCUT2D eigenvalue weighted by atomic mass is 35.5. The van der Waals surface area contributed by atoms with Crippen LogP contribution < -0.4 is 15.0 Å². The molecule has 1 aromatic rings. The molecular formula is C55H75ClN6O19. The van der Waals surface area contributed by atoms with Crippen molar-refractivity contribution >= 4 is 71.1 Å². The van der Waals surface area contributed by atoms with Gasteiger partial charge in [0.15, 0.2) is 5.72 Å². The quantitative estimate of drug-likeness (QED) is 0.0755. The molecule has 3 saturated heterocycles. The number of epoxide rings is 1. The second-order valence-electron chi connectivity index (χ2n) is 21.1. The zero-order valence-corrected chi connectivity index (χ0v) is 48.2. The molecule has 25 nitrogen and oxygen atoms in total. The van der Waals surface area contributed by atoms with Crippen molar-refractivity contribution in [3.8, 4) is 5.75 Å². The van der Waals surface area contributed by atoms with Gasteiger partial charge in [-0.1, -0.05) is 48.4 Å². The number of anilines is 1. The summed E-state index contributed by atoms with van der Waals surface area (Å²) in [6.07, 6.45) is 3.01. The Labute approximate surface area is 475 Å². The number of nitrogens with zero attached hydrogens (tertiary/aromatic N) is 5. The molecule has 1 aromatic carbocycles. The van der Waals surface area contributed by atoms with E-state index in [1.165, 1.54) is 64.0 Å². The Kier molecular flexibility index (Phi) is 21.7. The Balaban J connectivity index is 1.01. The van der Waals surface area contributed by atoms with Crippen LogP contribution in [0, 0.1) is 5.92 Å². The van der Waals surface area contributed by atoms with Crippen molar-refractivity contribution in [3.05, 3.63) is 58.7 Å². The van der Waals surface area contributed by atoms with Gasteiger partial charge >= 0.3 is 30.2 Å². The van der Waals surface area contributed by atoms with Crippen molar-refractivity contribution in [1.29, 1.82) is 0 Å². The summed E-state index contributed by atoms with van der Waals surface area (Å²) in [4.78, 5) is 126. The number of hydroxylamine groups is 2. The molecule has 3 fully saturated rings. The summed E-state index contributed by atoms with van der Waals surface area (Å²) in [7, 11) is 8.73. The Hall–Kier alpha value is -6.80. The van der Waals surface area contributed by atoms with E-state index < -0.39 is 121 Å². The number of halogens is 1. The van der Waals surface area contributed by atoms with E-state index in [9.17, 15) is 48.3 Å². The van der Waals surface area contributed by atoms with Gasteiger partial charge in [-0.25, -0.2) is 24.0 Å². The van der Waals surface area contributed by atoms with Crippen LogP contribution >= 0.6 is 11.6 Å². The van der Waals surface area contributed by atoms with Gasteiger partial charge < -0.3 is 67.4 Å². The highest BCUT2D eigenvalue weighted by Gasteiger charge is 2.64. The fourth-order valence-corrected chi connectivity index (χ4v) is 10.1. The molecule has 7 amide bonds. The van der Waals surface area contributed by atoms with Crippen LogP contribution in [-0.2, 0) is 73.2 Å². The molecular weight excluding hydrogens is 1080 g/mol. The number of esters is 1. The SMILES string of the molecule is COc1cc2cc(c1Cl)N(C)C(=O)C[C@H](OC(=O)[C@H](C)N(C)C(=O)CCOC(=O)N(C)CCN(C)C(=O)OC1/C=C/CC(OCC(=O)ON3C(=O)CCC3=O)CCC1)[C@]1(C)O[C@H]1[C@H](C)[C@@H]1C[C@@](O)(NC(=O)O1)[C@H](OC)/C=C/C=C(\C)C2. The summed E-state index contributed by atoms with van der Waals surface area (Å²) in [6, 6.07) is 2.29. The molecule has 2 N–H and O–H groups in total. The van der Waals surface area contributed by atoms with E-state index in [4.69, 9.17) is 54.3 Å². The van der Waals surface area contributed by atoms with Crippen molar-refractivity contribution in [2.45, 2.75) is 146 Å². The number of carbonyl (C=O) groups is 9. The molecule has 81 heavy (non-hydrogen) atoms. The molecule has 10 atom stereocenters. The van der Waals surface area contributed by atoms with Crippen molar-refractivity contribution < 1.29 is 91.0 Å². The maximum absolute atomic E-state index is 14.4. The third-order valence-corrected chi connectivity index (χ3v) is 15.5. The van der Waals surface area contributed by atoms with Gasteiger partial charge in [-0.05, 0) is 76.6 Å². The van der Waals surface area contributed by atoms with E-state index in [0.717, 1.165) is 16.0 Å². The maximum atomic E-state index is 14.4. The van der Waals surface area contributed by atoms with Gasteiger partial charge in [0, 0.05) is 73.6 Å². The summed E-state index contributed by atoms with van der Waals surface area (Å²) in [5.74, 6) is -4.31. The number of imide groups is 1. The first-order chi connectivity index (χ1) is 38.3. The van der Waals surface area contributed by atoms with E-state index in [1.54, 1.807) is 50.3 Å². The molecule has 0 radical (unpaired) electrons. The van der Waals surface area contributed by atoms with Gasteiger partial charge in [0.25, 0.3) is 11.8 Å². The van der Waals surface area contributed by atoms with E-state index >= 15 is 0 Å². The van der Waals surface area contributed by atoms with Gasteiger partial charge in [0.2, 0.25) is 11.8 Å². The molecule has 26 heteroatoms. The number of likely N-dealkylation sites (N-methyl/N-ethyl adjacent to an activating group) is 3. The lowest BCUT2D eigenvalue weighted by Crippen LogP contribution is -2.63. The Morgan fingerprint density at radius 2 is 1.65 bits per heavy atom. The highest BCUT2D eigenvalue weighted by Crippen LogP contribution is 2.49. The molecule has 4 heterocycles. The minimum absolute atomic E-state index is 0.0162. The van der Waals surface area contributed by atoms with Crippen molar-refractivity contribution in [1.82, 2.24) is 25.1 Å². The number of allylic oxidation sites excluding steroid dienone is 3. The first-order valence-electron chi connectivity index (χ1n) is 26.8. The number of hydrogen-bond donors (Lipinski definition) is 2. The standard InChI is InChI=1S/C55H75ClN6O19/c1-32-14-11-19-41(74-10)55(72)30-40(78-51(69)57-55)33(2)49-54(4,80-49)42(29-46(66)61(8)38-27-35(26-32)28-39(73-9)48(38)56)79-50(68)34(3)60(7)43(63)22-25-75-52(70)58(5)23-24-59(6)53(71)77-37-17-12-15-36(16-13-18-37)76-31-47(67)81-62-44(64)20-21-45(62)65/h11-12,14,17,19,27-28,33-34,36-37,40-42,49,72H,13,15-16,18,20-26,29-31H2,1-10H3,(H,57,69)/b17-12+,19-11+,32-14+/t33-,34+,36?,37?,40+,41-,42+,49+,54+,55+/m1/s1. The Bertz CT molecular complexity index is 2620. The summed E-state index contributed by atoms with van der Waals surface area (Å²) in [5, 5.41) is 15.0. The van der Waals surface area contributed by atoms with Crippen LogP contribution in [0.3, 0.4) is 0 Å². The van der Waals surface area contributed by atoms with Gasteiger partial charge in [0.1, 0.15) is 60.0 Å². The molecule has 4 aliphatic heterocycles. The topological polar surface area (TPSA) is 288 Å². The number of hydrogen-bond acceptors (Lipinski definition) is 19. The van der Waals surface area contributed by atoms with Crippen molar-refractivity contribution in [2.75, 3.05) is 73.6 Å². The number of nitrogens with one attached hydrogen (secondary N) is 1. The lowest BCUT2D eigenvalue weighted by Gasteiger charge is -2.42. The van der Waals surface area contributed by atoms with Gasteiger partial charge in [-0.2, -0.15) is 0 Å². The number of carbonyl (C=O) groups excluding carboxylic acids is 9. The van der Waals surface area contributed by atoms with Crippen LogP contribution in [0.1, 0.15) is 91.0 Å². The second-order valence-corrected chi connectivity index (χ2v) is 21.5. The molecule has 4 bridgehead atoms. The lowest BCUT2D eigenvalue weighted by atomic mass is 9.83. The van der Waals surface area contributed by atoms with Crippen LogP contribution in [0.4, 0.5) is 20.1 Å². The molecule has 2 unspecified atom stereocenters.